The second kappa shape index (κ2) is 7.70. The predicted molar refractivity (Wildman–Crippen MR) is 73.6 cm³/mol. The normalized spacial score (nSPS) is 12.1. The Morgan fingerprint density at radius 2 is 1.47 bits per heavy atom. The van der Waals surface area contributed by atoms with Gasteiger partial charge in [0.05, 0.1) is 5.41 Å². The number of rotatable bonds is 8. The van der Waals surface area contributed by atoms with Crippen LogP contribution in [-0.2, 0) is 4.79 Å². The van der Waals surface area contributed by atoms with Crippen LogP contribution in [0.15, 0.2) is 0 Å². The van der Waals surface area contributed by atoms with Crippen LogP contribution in [0.5, 0.6) is 0 Å². The zero-order valence-electron chi connectivity index (χ0n) is 12.3. The summed E-state index contributed by atoms with van der Waals surface area (Å²) in [6, 6.07) is 0. The minimum atomic E-state index is -0.689. The molecule has 0 atom stereocenters. The van der Waals surface area contributed by atoms with Crippen LogP contribution < -0.4 is 6.15 Å². The number of carbonyl (C=O) groups is 1. The standard InChI is InChI=1S/C14H28O2.H3N/c1-6-7-8-9-10-11-13(2,3)14(4,5)12(15)16;/h6-11H2,1-5H3,(H,15,16);1H3. The van der Waals surface area contributed by atoms with Gasteiger partial charge in [0.15, 0.2) is 0 Å². The van der Waals surface area contributed by atoms with E-state index in [1.807, 2.05) is 13.8 Å². The Bertz CT molecular complexity index is 222. The number of carboxylic acid groups (broad SMARTS) is 1. The maximum atomic E-state index is 11.2. The summed E-state index contributed by atoms with van der Waals surface area (Å²) in [5, 5.41) is 9.22. The quantitative estimate of drug-likeness (QED) is 0.611. The van der Waals surface area contributed by atoms with E-state index >= 15 is 0 Å². The van der Waals surface area contributed by atoms with E-state index in [4.69, 9.17) is 0 Å². The maximum absolute atomic E-state index is 11.2. The number of hydrogen-bond donors (Lipinski definition) is 2. The van der Waals surface area contributed by atoms with Crippen molar-refractivity contribution in [3.05, 3.63) is 0 Å². The van der Waals surface area contributed by atoms with Crippen LogP contribution in [0.3, 0.4) is 0 Å². The van der Waals surface area contributed by atoms with Gasteiger partial charge in [-0.15, -0.1) is 0 Å². The lowest BCUT2D eigenvalue weighted by Crippen LogP contribution is -2.39. The fraction of sp³-hybridized carbons (Fsp3) is 0.929. The fourth-order valence-corrected chi connectivity index (χ4v) is 1.77. The van der Waals surface area contributed by atoms with Gasteiger partial charge in [-0.05, 0) is 25.7 Å². The lowest BCUT2D eigenvalue weighted by Gasteiger charge is -2.38. The third kappa shape index (κ3) is 5.53. The van der Waals surface area contributed by atoms with Crippen LogP contribution >= 0.6 is 0 Å². The van der Waals surface area contributed by atoms with Crippen molar-refractivity contribution < 1.29 is 9.90 Å². The molecule has 0 aromatic carbocycles. The molecule has 0 saturated heterocycles. The van der Waals surface area contributed by atoms with Crippen molar-refractivity contribution in [2.24, 2.45) is 10.8 Å². The highest BCUT2D eigenvalue weighted by molar-refractivity contribution is 5.74. The van der Waals surface area contributed by atoms with Gasteiger partial charge in [-0.25, -0.2) is 0 Å². The molecule has 0 radical (unpaired) electrons. The molecule has 0 aliphatic carbocycles. The van der Waals surface area contributed by atoms with E-state index < -0.39 is 11.4 Å². The average Bonchev–Trinajstić information content (AvgIpc) is 2.16. The van der Waals surface area contributed by atoms with Crippen LogP contribution in [0.4, 0.5) is 0 Å². The van der Waals surface area contributed by atoms with Gasteiger partial charge in [-0.2, -0.15) is 0 Å². The molecule has 0 aromatic heterocycles. The number of carboxylic acids is 1. The first kappa shape index (κ1) is 18.8. The minimum Gasteiger partial charge on any atom is -0.481 e. The summed E-state index contributed by atoms with van der Waals surface area (Å²) in [4.78, 5) is 11.2. The van der Waals surface area contributed by atoms with E-state index in [9.17, 15) is 9.90 Å². The Hall–Kier alpha value is -0.570. The second-order valence-corrected chi connectivity index (χ2v) is 5.98. The van der Waals surface area contributed by atoms with Crippen molar-refractivity contribution in [2.75, 3.05) is 0 Å². The first-order chi connectivity index (χ1) is 7.25. The molecule has 0 aliphatic rings. The molecule has 104 valence electrons. The Kier molecular flexibility index (Phi) is 8.51. The number of unbranched alkanes of at least 4 members (excludes halogenated alkanes) is 4. The molecule has 0 aliphatic heterocycles. The van der Waals surface area contributed by atoms with Gasteiger partial charge in [0, 0.05) is 0 Å². The molecule has 17 heavy (non-hydrogen) atoms. The molecular formula is C14H31NO2. The smallest absolute Gasteiger partial charge is 0.309 e. The van der Waals surface area contributed by atoms with E-state index in [0.29, 0.717) is 0 Å². The van der Waals surface area contributed by atoms with Gasteiger partial charge in [-0.1, -0.05) is 52.9 Å². The highest BCUT2D eigenvalue weighted by Gasteiger charge is 2.42. The molecule has 3 heteroatoms. The van der Waals surface area contributed by atoms with Crippen molar-refractivity contribution in [2.45, 2.75) is 73.1 Å². The highest BCUT2D eigenvalue weighted by atomic mass is 16.4. The van der Waals surface area contributed by atoms with Gasteiger partial charge in [0.2, 0.25) is 0 Å². The minimum absolute atomic E-state index is 0. The SMILES string of the molecule is CCCCCCCC(C)(C)C(C)(C)C(=O)O.N. The molecule has 3 nitrogen and oxygen atoms in total. The molecule has 0 saturated carbocycles. The van der Waals surface area contributed by atoms with Gasteiger partial charge < -0.3 is 11.3 Å². The van der Waals surface area contributed by atoms with Gasteiger partial charge in [-0.3, -0.25) is 4.79 Å². The molecule has 0 bridgehead atoms. The Morgan fingerprint density at radius 3 is 1.88 bits per heavy atom. The zero-order chi connectivity index (χ0) is 12.8. The lowest BCUT2D eigenvalue weighted by molar-refractivity contribution is -0.154. The zero-order valence-corrected chi connectivity index (χ0v) is 12.3. The molecule has 4 N–H and O–H groups in total. The number of aliphatic carboxylic acids is 1. The molecule has 0 heterocycles. The fourth-order valence-electron chi connectivity index (χ4n) is 1.77. The average molecular weight is 245 g/mol. The third-order valence-electron chi connectivity index (χ3n) is 4.13. The van der Waals surface area contributed by atoms with Crippen molar-refractivity contribution in [3.63, 3.8) is 0 Å². The molecule has 0 spiro atoms. The summed E-state index contributed by atoms with van der Waals surface area (Å²) >= 11 is 0. The Morgan fingerprint density at radius 1 is 1.00 bits per heavy atom. The molecule has 0 amide bonds. The van der Waals surface area contributed by atoms with E-state index in [2.05, 4.69) is 20.8 Å². The molecular weight excluding hydrogens is 214 g/mol. The molecule has 0 rings (SSSR count). The summed E-state index contributed by atoms with van der Waals surface area (Å²) in [6.45, 7) is 10.0. The van der Waals surface area contributed by atoms with E-state index in [-0.39, 0.29) is 11.6 Å². The molecule has 0 unspecified atom stereocenters. The second-order valence-electron chi connectivity index (χ2n) is 5.98. The van der Waals surface area contributed by atoms with E-state index in [0.717, 1.165) is 12.8 Å². The van der Waals surface area contributed by atoms with Gasteiger partial charge in [0.1, 0.15) is 0 Å². The molecule has 0 aromatic rings. The van der Waals surface area contributed by atoms with Crippen molar-refractivity contribution >= 4 is 5.97 Å². The van der Waals surface area contributed by atoms with E-state index in [1.165, 1.54) is 25.7 Å². The van der Waals surface area contributed by atoms with Crippen LogP contribution in [0.1, 0.15) is 73.1 Å². The Balaban J connectivity index is 0. The van der Waals surface area contributed by atoms with Crippen molar-refractivity contribution in [1.82, 2.24) is 6.15 Å². The van der Waals surface area contributed by atoms with Crippen LogP contribution in [0.2, 0.25) is 0 Å². The third-order valence-corrected chi connectivity index (χ3v) is 4.13. The summed E-state index contributed by atoms with van der Waals surface area (Å²) in [6.07, 6.45) is 7.19. The van der Waals surface area contributed by atoms with Crippen LogP contribution in [0.25, 0.3) is 0 Å². The summed E-state index contributed by atoms with van der Waals surface area (Å²) < 4.78 is 0. The largest absolute Gasteiger partial charge is 0.481 e. The topological polar surface area (TPSA) is 72.3 Å². The Labute approximate surface area is 107 Å². The first-order valence-corrected chi connectivity index (χ1v) is 6.49. The van der Waals surface area contributed by atoms with Crippen LogP contribution in [0, 0.1) is 10.8 Å². The van der Waals surface area contributed by atoms with Gasteiger partial charge >= 0.3 is 5.97 Å². The summed E-state index contributed by atoms with van der Waals surface area (Å²) in [5.74, 6) is -0.689. The maximum Gasteiger partial charge on any atom is 0.309 e. The monoisotopic (exact) mass is 245 g/mol. The molecule has 0 fully saturated rings. The van der Waals surface area contributed by atoms with E-state index in [1.54, 1.807) is 0 Å². The van der Waals surface area contributed by atoms with Gasteiger partial charge in [0.25, 0.3) is 0 Å². The summed E-state index contributed by atoms with van der Waals surface area (Å²) in [5.41, 5.74) is -0.775. The summed E-state index contributed by atoms with van der Waals surface area (Å²) in [7, 11) is 0. The lowest BCUT2D eigenvalue weighted by atomic mass is 9.65. The first-order valence-electron chi connectivity index (χ1n) is 6.49. The predicted octanol–water partition coefficient (Wildman–Crippen LogP) is 4.65. The van der Waals surface area contributed by atoms with Crippen molar-refractivity contribution in [3.8, 4) is 0 Å². The highest BCUT2D eigenvalue weighted by Crippen LogP contribution is 2.42. The number of hydrogen-bond acceptors (Lipinski definition) is 2. The van der Waals surface area contributed by atoms with Crippen LogP contribution in [-0.4, -0.2) is 11.1 Å². The van der Waals surface area contributed by atoms with Crippen molar-refractivity contribution in [1.29, 1.82) is 0 Å².